The van der Waals surface area contributed by atoms with E-state index in [4.69, 9.17) is 5.73 Å². The predicted molar refractivity (Wildman–Crippen MR) is 167 cm³/mol. The number of amides is 1. The summed E-state index contributed by atoms with van der Waals surface area (Å²) in [6, 6.07) is 0.796. The van der Waals surface area contributed by atoms with Crippen LogP contribution in [0.4, 0.5) is 0 Å². The number of aromatic hydroxyl groups is 1. The molecular weight excluding hydrogens is 564 g/mol. The van der Waals surface area contributed by atoms with E-state index in [-0.39, 0.29) is 40.6 Å². The smallest absolute Gasteiger partial charge is 0.255 e. The topological polar surface area (TPSA) is 185 Å². The van der Waals surface area contributed by atoms with Gasteiger partial charge in [0.1, 0.15) is 22.8 Å². The van der Waals surface area contributed by atoms with Crippen molar-refractivity contribution in [3.63, 3.8) is 0 Å². The van der Waals surface area contributed by atoms with Gasteiger partial charge in [-0.25, -0.2) is 0 Å². The first kappa shape index (κ1) is 33.6. The first-order valence-electron chi connectivity index (χ1n) is 15.1. The number of nitrogens with two attached hydrogens (primary N) is 1. The number of aliphatic hydroxyl groups excluding tert-OH is 2. The molecule has 0 saturated heterocycles. The summed E-state index contributed by atoms with van der Waals surface area (Å²) in [5.74, 6) is -6.52. The van der Waals surface area contributed by atoms with E-state index in [1.165, 1.54) is 4.90 Å². The van der Waals surface area contributed by atoms with Gasteiger partial charge < -0.3 is 36.8 Å². The lowest BCUT2D eigenvalue weighted by Crippen LogP contribution is -2.65. The number of phenolic OH excluding ortho intramolecular Hbond substituents is 1. The Morgan fingerprint density at radius 2 is 1.55 bits per heavy atom. The SMILES string of the molecule is CN(C)[C@@H]1C(=O)C(C(N)=O)=C(O)[C@@]2(O)C(=O)C3=C(O)c4c(O)c(CNCC(C)(C)C)cc(CNCC(C)(C)C)c4C[C@H]3C[C@@H]12. The largest absolute Gasteiger partial charge is 0.508 e. The van der Waals surface area contributed by atoms with Crippen molar-refractivity contribution in [3.05, 3.63) is 45.2 Å². The number of phenols is 1. The van der Waals surface area contributed by atoms with Crippen molar-refractivity contribution in [2.45, 2.75) is 79.1 Å². The number of ketones is 2. The third-order valence-corrected chi connectivity index (χ3v) is 8.83. The Bertz CT molecular complexity index is 1450. The summed E-state index contributed by atoms with van der Waals surface area (Å²) in [5.41, 5.74) is 3.97. The van der Waals surface area contributed by atoms with Crippen molar-refractivity contribution in [2.75, 3.05) is 27.2 Å². The highest BCUT2D eigenvalue weighted by atomic mass is 16.3. The number of likely N-dealkylation sites (N-methyl/N-ethyl adjacent to an activating group) is 1. The minimum atomic E-state index is -2.66. The van der Waals surface area contributed by atoms with Crippen molar-refractivity contribution in [1.82, 2.24) is 15.5 Å². The lowest BCUT2D eigenvalue weighted by molar-refractivity contribution is -0.153. The van der Waals surface area contributed by atoms with Gasteiger partial charge in [0.2, 0.25) is 5.78 Å². The number of rotatable bonds is 8. The van der Waals surface area contributed by atoms with Crippen molar-refractivity contribution in [2.24, 2.45) is 28.4 Å². The van der Waals surface area contributed by atoms with E-state index in [0.717, 1.165) is 5.56 Å². The van der Waals surface area contributed by atoms with Gasteiger partial charge in [-0.3, -0.25) is 19.3 Å². The Morgan fingerprint density at radius 3 is 2.05 bits per heavy atom. The van der Waals surface area contributed by atoms with Crippen LogP contribution in [0.2, 0.25) is 0 Å². The van der Waals surface area contributed by atoms with Crippen molar-refractivity contribution >= 4 is 23.2 Å². The summed E-state index contributed by atoms with van der Waals surface area (Å²) in [6.45, 7) is 14.8. The molecule has 0 aromatic heterocycles. The lowest BCUT2D eigenvalue weighted by Gasteiger charge is -2.50. The number of fused-ring (bicyclic) bond motifs is 3. The van der Waals surface area contributed by atoms with E-state index in [2.05, 4.69) is 52.2 Å². The normalized spacial score (nSPS) is 25.7. The maximum absolute atomic E-state index is 14.2. The molecule has 3 aliphatic rings. The number of carbonyl (C=O) groups excluding carboxylic acids is 3. The number of nitrogens with zero attached hydrogens (tertiary/aromatic N) is 1. The molecule has 242 valence electrons. The van der Waals surface area contributed by atoms with E-state index in [9.17, 15) is 34.8 Å². The molecule has 11 nitrogen and oxygen atoms in total. The summed E-state index contributed by atoms with van der Waals surface area (Å²) in [7, 11) is 3.17. The molecule has 0 spiro atoms. The zero-order chi connectivity index (χ0) is 33.1. The van der Waals surface area contributed by atoms with E-state index in [0.29, 0.717) is 37.3 Å². The Morgan fingerprint density at radius 1 is 1.00 bits per heavy atom. The van der Waals surface area contributed by atoms with E-state index >= 15 is 0 Å². The maximum atomic E-state index is 14.2. The standard InChI is InChI=1S/C33H48N4O7/c1-31(2,3)14-35-12-17-9-18(13-36-15-32(4,5)6)25(38)22-19(17)10-16-11-20-24(37(7)8)27(40)23(30(34)43)29(42)33(20,44)28(41)21(16)26(22)39/h9,16,20,24,35-36,38-39,42,44H,10-15H2,1-8H3,(H2,34,43)/t16-,20-,24-,33-/m0/s1. The van der Waals surface area contributed by atoms with Crippen LogP contribution in [0.25, 0.3) is 5.76 Å². The summed E-state index contributed by atoms with van der Waals surface area (Å²) in [5, 5.41) is 53.0. The summed E-state index contributed by atoms with van der Waals surface area (Å²) < 4.78 is 0. The summed E-state index contributed by atoms with van der Waals surface area (Å²) in [4.78, 5) is 41.2. The zero-order valence-electron chi connectivity index (χ0n) is 27.1. The molecule has 3 aliphatic carbocycles. The van der Waals surface area contributed by atoms with Crippen LogP contribution < -0.4 is 16.4 Å². The van der Waals surface area contributed by atoms with Crippen LogP contribution in [-0.2, 0) is 33.9 Å². The summed E-state index contributed by atoms with van der Waals surface area (Å²) in [6.07, 6.45) is 0.306. The molecule has 4 rings (SSSR count). The molecule has 0 aliphatic heterocycles. The highest BCUT2D eigenvalue weighted by Gasteiger charge is 2.64. The van der Waals surface area contributed by atoms with Gasteiger partial charge >= 0.3 is 0 Å². The van der Waals surface area contributed by atoms with Gasteiger partial charge in [-0.15, -0.1) is 0 Å². The van der Waals surface area contributed by atoms with Crippen LogP contribution in [0.5, 0.6) is 5.75 Å². The number of nitrogens with one attached hydrogen (secondary N) is 2. The number of hydrogen-bond acceptors (Lipinski definition) is 10. The molecule has 0 unspecified atom stereocenters. The Labute approximate surface area is 259 Å². The predicted octanol–water partition coefficient (Wildman–Crippen LogP) is 2.24. The molecule has 1 amide bonds. The lowest BCUT2D eigenvalue weighted by atomic mass is 9.57. The molecule has 0 bridgehead atoms. The van der Waals surface area contributed by atoms with Gasteiger partial charge in [-0.1, -0.05) is 41.5 Å². The Hall–Kier alpha value is -3.25. The molecule has 0 radical (unpaired) electrons. The van der Waals surface area contributed by atoms with Crippen LogP contribution in [-0.4, -0.2) is 81.6 Å². The first-order valence-corrected chi connectivity index (χ1v) is 15.1. The van der Waals surface area contributed by atoms with E-state index in [1.54, 1.807) is 14.1 Å². The fourth-order valence-electron chi connectivity index (χ4n) is 6.89. The number of aliphatic hydroxyl groups is 3. The number of benzene rings is 1. The quantitative estimate of drug-likeness (QED) is 0.215. The monoisotopic (exact) mass is 612 g/mol. The second-order valence-electron chi connectivity index (χ2n) is 15.2. The van der Waals surface area contributed by atoms with Gasteiger partial charge in [-0.2, -0.15) is 0 Å². The van der Waals surface area contributed by atoms with Crippen LogP contribution >= 0.6 is 0 Å². The summed E-state index contributed by atoms with van der Waals surface area (Å²) >= 11 is 0. The average Bonchev–Trinajstić information content (AvgIpc) is 2.86. The van der Waals surface area contributed by atoms with E-state index < -0.39 is 58.0 Å². The molecule has 8 N–H and O–H groups in total. The Balaban J connectivity index is 1.88. The molecule has 1 fully saturated rings. The molecule has 1 saturated carbocycles. The maximum Gasteiger partial charge on any atom is 0.255 e. The molecule has 44 heavy (non-hydrogen) atoms. The third kappa shape index (κ3) is 5.90. The third-order valence-electron chi connectivity index (χ3n) is 8.83. The number of Topliss-reactive ketones (excluding diaryl/α,β-unsaturated/α-hetero) is 2. The molecule has 1 aromatic rings. The molecule has 4 atom stereocenters. The van der Waals surface area contributed by atoms with Gasteiger partial charge in [0.15, 0.2) is 11.4 Å². The fraction of sp³-hybridized carbons (Fsp3) is 0.606. The van der Waals surface area contributed by atoms with Gasteiger partial charge in [0.25, 0.3) is 5.91 Å². The zero-order valence-corrected chi connectivity index (χ0v) is 27.1. The van der Waals surface area contributed by atoms with Crippen molar-refractivity contribution in [1.29, 1.82) is 0 Å². The minimum Gasteiger partial charge on any atom is -0.508 e. The minimum absolute atomic E-state index is 0.0101. The van der Waals surface area contributed by atoms with Crippen molar-refractivity contribution in [3.8, 4) is 5.75 Å². The number of carbonyl (C=O) groups is 3. The number of primary amides is 1. The van der Waals surface area contributed by atoms with Crippen LogP contribution in [0.1, 0.15) is 70.2 Å². The van der Waals surface area contributed by atoms with Crippen molar-refractivity contribution < 1.29 is 34.8 Å². The molecular formula is C33H48N4O7. The first-order chi connectivity index (χ1) is 20.2. The number of hydrogen-bond donors (Lipinski definition) is 7. The second kappa shape index (κ2) is 11.6. The highest BCUT2D eigenvalue weighted by molar-refractivity contribution is 6.24. The molecule has 0 heterocycles. The van der Waals surface area contributed by atoms with Crippen LogP contribution in [0, 0.1) is 22.7 Å². The van der Waals surface area contributed by atoms with Gasteiger partial charge in [0, 0.05) is 43.2 Å². The molecule has 1 aromatic carbocycles. The fourth-order valence-corrected chi connectivity index (χ4v) is 6.89. The van der Waals surface area contributed by atoms with Crippen LogP contribution in [0.15, 0.2) is 23.0 Å². The van der Waals surface area contributed by atoms with Crippen LogP contribution in [0.3, 0.4) is 0 Å². The van der Waals surface area contributed by atoms with E-state index in [1.807, 2.05) is 6.07 Å². The van der Waals surface area contributed by atoms with Gasteiger partial charge in [-0.05, 0) is 60.9 Å². The highest BCUT2D eigenvalue weighted by Crippen LogP contribution is 2.53. The average molecular weight is 613 g/mol. The van der Waals surface area contributed by atoms with Gasteiger partial charge in [0.05, 0.1) is 11.6 Å². The molecule has 11 heteroatoms. The second-order valence-corrected chi connectivity index (χ2v) is 15.2. The Kier molecular flexibility index (Phi) is 8.86.